The highest BCUT2D eigenvalue weighted by molar-refractivity contribution is 5.79. The Bertz CT molecular complexity index is 1360. The molecule has 2 aliphatic heterocycles. The van der Waals surface area contributed by atoms with E-state index >= 15 is 0 Å². The van der Waals surface area contributed by atoms with E-state index in [0.29, 0.717) is 25.0 Å². The van der Waals surface area contributed by atoms with E-state index < -0.39 is 0 Å². The number of likely N-dealkylation sites (tertiary alicyclic amines) is 1. The minimum atomic E-state index is 0.0121. The average molecular weight is 599 g/mol. The third-order valence-corrected chi connectivity index (χ3v) is 9.67. The van der Waals surface area contributed by atoms with Crippen molar-refractivity contribution in [1.82, 2.24) is 4.90 Å². The number of methoxy groups -OCH3 is 2. The van der Waals surface area contributed by atoms with Crippen LogP contribution in [0.2, 0.25) is 0 Å². The average Bonchev–Trinajstić information content (AvgIpc) is 3.58. The summed E-state index contributed by atoms with van der Waals surface area (Å²) < 4.78 is 23.4. The monoisotopic (exact) mass is 598 g/mol. The Kier molecular flexibility index (Phi) is 10.0. The van der Waals surface area contributed by atoms with E-state index in [1.165, 1.54) is 11.1 Å². The van der Waals surface area contributed by atoms with Crippen molar-refractivity contribution in [1.29, 1.82) is 0 Å². The Balaban J connectivity index is 1.14. The molecule has 0 aromatic heterocycles. The number of amides is 1. The summed E-state index contributed by atoms with van der Waals surface area (Å²) in [5, 5.41) is 0. The van der Waals surface area contributed by atoms with E-state index in [0.717, 1.165) is 87.6 Å². The van der Waals surface area contributed by atoms with Gasteiger partial charge in [-0.15, -0.1) is 0 Å². The summed E-state index contributed by atoms with van der Waals surface area (Å²) in [5.74, 6) is 2.66. The van der Waals surface area contributed by atoms with Gasteiger partial charge in [-0.3, -0.25) is 4.79 Å². The molecule has 1 aliphatic carbocycles. The molecule has 1 saturated heterocycles. The summed E-state index contributed by atoms with van der Waals surface area (Å²) in [7, 11) is 3.44. The summed E-state index contributed by atoms with van der Waals surface area (Å²) in [6, 6.07) is 25.4. The van der Waals surface area contributed by atoms with Crippen molar-refractivity contribution in [3.63, 3.8) is 0 Å². The van der Waals surface area contributed by atoms with Gasteiger partial charge in [-0.2, -0.15) is 0 Å². The summed E-state index contributed by atoms with van der Waals surface area (Å²) in [4.78, 5) is 18.3. The predicted octanol–water partition coefficient (Wildman–Crippen LogP) is 6.42. The SMILES string of the molecule is COCCCN1CCOc2ccc(CO[C@H]3CC[C@@H](C(=O)N4CCC(c5ccccc5)C4)C[C@@H]3c3ccc(OC)cc3)cc21. The molecule has 3 aliphatic rings. The van der Waals surface area contributed by atoms with Crippen LogP contribution in [-0.4, -0.2) is 70.5 Å². The topological polar surface area (TPSA) is 60.5 Å². The number of anilines is 1. The number of hydrogen-bond acceptors (Lipinski definition) is 6. The van der Waals surface area contributed by atoms with Crippen molar-refractivity contribution in [2.24, 2.45) is 5.92 Å². The zero-order chi connectivity index (χ0) is 30.3. The van der Waals surface area contributed by atoms with Crippen LogP contribution in [0.25, 0.3) is 0 Å². The first-order chi connectivity index (χ1) is 21.6. The van der Waals surface area contributed by atoms with Gasteiger partial charge in [0, 0.05) is 51.1 Å². The fourth-order valence-electron chi connectivity index (χ4n) is 7.23. The van der Waals surface area contributed by atoms with Crippen LogP contribution in [0.15, 0.2) is 72.8 Å². The molecule has 6 rings (SSSR count). The van der Waals surface area contributed by atoms with Crippen molar-refractivity contribution in [3.8, 4) is 11.5 Å². The smallest absolute Gasteiger partial charge is 0.225 e. The van der Waals surface area contributed by atoms with Crippen LogP contribution in [0.1, 0.15) is 60.6 Å². The summed E-state index contributed by atoms with van der Waals surface area (Å²) in [6.45, 7) is 5.45. The number of hydrogen-bond donors (Lipinski definition) is 0. The molecule has 234 valence electrons. The number of carbonyl (C=O) groups is 1. The maximum Gasteiger partial charge on any atom is 0.225 e. The minimum Gasteiger partial charge on any atom is -0.497 e. The predicted molar refractivity (Wildman–Crippen MR) is 173 cm³/mol. The van der Waals surface area contributed by atoms with Crippen molar-refractivity contribution in [2.75, 3.05) is 58.5 Å². The lowest BCUT2D eigenvalue weighted by Crippen LogP contribution is -2.40. The van der Waals surface area contributed by atoms with E-state index in [4.69, 9.17) is 18.9 Å². The van der Waals surface area contributed by atoms with Gasteiger partial charge >= 0.3 is 0 Å². The first-order valence-electron chi connectivity index (χ1n) is 16.2. The molecule has 3 aromatic carbocycles. The van der Waals surface area contributed by atoms with Gasteiger partial charge in [0.1, 0.15) is 18.1 Å². The van der Waals surface area contributed by atoms with E-state index in [1.807, 2.05) is 12.1 Å². The lowest BCUT2D eigenvalue weighted by molar-refractivity contribution is -0.137. The highest BCUT2D eigenvalue weighted by Gasteiger charge is 2.39. The zero-order valence-electron chi connectivity index (χ0n) is 26.2. The van der Waals surface area contributed by atoms with Crippen LogP contribution in [0.4, 0.5) is 5.69 Å². The normalized spacial score (nSPS) is 23.2. The summed E-state index contributed by atoms with van der Waals surface area (Å²) >= 11 is 0. The number of fused-ring (bicyclic) bond motifs is 1. The molecule has 4 atom stereocenters. The third kappa shape index (κ3) is 7.05. The molecule has 7 nitrogen and oxygen atoms in total. The van der Waals surface area contributed by atoms with Crippen LogP contribution in [0.5, 0.6) is 11.5 Å². The molecule has 0 radical (unpaired) electrons. The molecule has 2 heterocycles. The molecule has 44 heavy (non-hydrogen) atoms. The highest BCUT2D eigenvalue weighted by Crippen LogP contribution is 2.41. The van der Waals surface area contributed by atoms with Crippen LogP contribution >= 0.6 is 0 Å². The van der Waals surface area contributed by atoms with Gasteiger partial charge in [-0.05, 0) is 73.1 Å². The summed E-state index contributed by atoms with van der Waals surface area (Å²) in [6.07, 6.45) is 4.56. The van der Waals surface area contributed by atoms with Gasteiger partial charge in [0.15, 0.2) is 0 Å². The molecule has 1 amide bonds. The lowest BCUT2D eigenvalue weighted by Gasteiger charge is -2.37. The molecule has 0 spiro atoms. The Morgan fingerprint density at radius 1 is 0.932 bits per heavy atom. The van der Waals surface area contributed by atoms with E-state index in [-0.39, 0.29) is 17.9 Å². The quantitative estimate of drug-likeness (QED) is 0.238. The first kappa shape index (κ1) is 30.5. The largest absolute Gasteiger partial charge is 0.497 e. The molecular weight excluding hydrogens is 552 g/mol. The number of carbonyl (C=O) groups excluding carboxylic acids is 1. The Morgan fingerprint density at radius 3 is 2.57 bits per heavy atom. The van der Waals surface area contributed by atoms with Gasteiger partial charge in [0.2, 0.25) is 5.91 Å². The van der Waals surface area contributed by atoms with Gasteiger partial charge < -0.3 is 28.7 Å². The molecule has 0 bridgehead atoms. The molecule has 7 heteroatoms. The van der Waals surface area contributed by atoms with Gasteiger partial charge in [-0.1, -0.05) is 48.5 Å². The first-order valence-corrected chi connectivity index (χ1v) is 16.2. The summed E-state index contributed by atoms with van der Waals surface area (Å²) in [5.41, 5.74) is 4.82. The number of nitrogens with zero attached hydrogens (tertiary/aromatic N) is 2. The second-order valence-electron chi connectivity index (χ2n) is 12.4. The zero-order valence-corrected chi connectivity index (χ0v) is 26.2. The maximum atomic E-state index is 13.8. The van der Waals surface area contributed by atoms with Gasteiger partial charge in [-0.25, -0.2) is 0 Å². The Labute approximate surface area is 262 Å². The van der Waals surface area contributed by atoms with E-state index in [1.54, 1.807) is 14.2 Å². The minimum absolute atomic E-state index is 0.0121. The number of rotatable bonds is 11. The van der Waals surface area contributed by atoms with Crippen molar-refractivity contribution < 1.29 is 23.7 Å². The molecule has 2 fully saturated rings. The van der Waals surface area contributed by atoms with Gasteiger partial charge in [0.25, 0.3) is 0 Å². The van der Waals surface area contributed by atoms with Crippen LogP contribution in [0.3, 0.4) is 0 Å². The van der Waals surface area contributed by atoms with Crippen molar-refractivity contribution >= 4 is 11.6 Å². The fourth-order valence-corrected chi connectivity index (χ4v) is 7.23. The third-order valence-electron chi connectivity index (χ3n) is 9.67. The molecule has 1 unspecified atom stereocenters. The van der Waals surface area contributed by atoms with Crippen LogP contribution in [0, 0.1) is 5.92 Å². The second kappa shape index (κ2) is 14.5. The number of benzene rings is 3. The molecule has 0 N–H and O–H groups in total. The second-order valence-corrected chi connectivity index (χ2v) is 12.4. The maximum absolute atomic E-state index is 13.8. The van der Waals surface area contributed by atoms with Crippen molar-refractivity contribution in [2.45, 2.75) is 56.7 Å². The van der Waals surface area contributed by atoms with Crippen LogP contribution < -0.4 is 14.4 Å². The molecular formula is C37H46N2O5. The van der Waals surface area contributed by atoms with Crippen LogP contribution in [-0.2, 0) is 20.9 Å². The number of ether oxygens (including phenoxy) is 4. The molecule has 3 aromatic rings. The van der Waals surface area contributed by atoms with E-state index in [9.17, 15) is 4.79 Å². The van der Waals surface area contributed by atoms with E-state index in [2.05, 4.69) is 70.5 Å². The standard InChI is InChI=1S/C37H46N2O5/c1-41-21-6-18-38-20-22-43-36-15-9-27(23-34(36)38)26-44-35-16-12-30(24-33(35)29-10-13-32(42-2)14-11-29)37(40)39-19-17-31(25-39)28-7-4-3-5-8-28/h3-5,7-11,13-15,23,30-31,33,35H,6,12,16-22,24-26H2,1-2H3/t30-,31?,33-,35+/m1/s1. The van der Waals surface area contributed by atoms with Gasteiger partial charge in [0.05, 0.1) is 32.1 Å². The van der Waals surface area contributed by atoms with Crippen molar-refractivity contribution in [3.05, 3.63) is 89.5 Å². The highest BCUT2D eigenvalue weighted by atomic mass is 16.5. The fraction of sp³-hybridized carbons (Fsp3) is 0.486. The Hall–Kier alpha value is -3.55. The Morgan fingerprint density at radius 2 is 1.77 bits per heavy atom. The molecule has 1 saturated carbocycles. The lowest BCUT2D eigenvalue weighted by atomic mass is 9.75.